The topological polar surface area (TPSA) is 81.8 Å². The zero-order valence-corrected chi connectivity index (χ0v) is 12.1. The Balaban J connectivity index is 1.78. The summed E-state index contributed by atoms with van der Waals surface area (Å²) in [6, 6.07) is 5.22. The van der Waals surface area contributed by atoms with Crippen molar-refractivity contribution in [2.45, 2.75) is 13.0 Å². The Morgan fingerprint density at radius 1 is 1.30 bits per heavy atom. The summed E-state index contributed by atoms with van der Waals surface area (Å²) in [5.74, 6) is -0.736. The van der Waals surface area contributed by atoms with Crippen LogP contribution in [-0.2, 0) is 13.0 Å². The van der Waals surface area contributed by atoms with Crippen LogP contribution < -0.4 is 5.56 Å². The second-order valence-electron chi connectivity index (χ2n) is 5.54. The minimum absolute atomic E-state index is 0.214. The number of nitrogens with zero attached hydrogens (tertiary/aromatic N) is 2. The van der Waals surface area contributed by atoms with Crippen LogP contribution in [0.4, 0.5) is 4.39 Å². The molecule has 0 saturated heterocycles. The number of carbonyl (C=O) groups is 1. The molecule has 2 aromatic heterocycles. The molecule has 1 aliphatic heterocycles. The van der Waals surface area contributed by atoms with Crippen LogP contribution in [0, 0.1) is 5.82 Å². The lowest BCUT2D eigenvalue weighted by Crippen LogP contribution is -2.36. The Hall–Kier alpha value is -2.96. The Morgan fingerprint density at radius 3 is 3.04 bits per heavy atom. The van der Waals surface area contributed by atoms with Crippen LogP contribution in [0.5, 0.6) is 0 Å². The van der Waals surface area contributed by atoms with E-state index in [1.54, 1.807) is 11.2 Å². The average molecular weight is 312 g/mol. The van der Waals surface area contributed by atoms with Gasteiger partial charge in [0.1, 0.15) is 5.82 Å². The molecular formula is C16H13FN4O2. The summed E-state index contributed by atoms with van der Waals surface area (Å²) in [6.07, 6.45) is 2.26. The van der Waals surface area contributed by atoms with Crippen molar-refractivity contribution in [3.63, 3.8) is 0 Å². The zero-order valence-electron chi connectivity index (χ0n) is 12.1. The first-order valence-corrected chi connectivity index (χ1v) is 7.25. The fourth-order valence-corrected chi connectivity index (χ4v) is 2.96. The van der Waals surface area contributed by atoms with Crippen molar-refractivity contribution in [3.8, 4) is 0 Å². The quantitative estimate of drug-likeness (QED) is 0.716. The Morgan fingerprint density at radius 2 is 2.17 bits per heavy atom. The highest BCUT2D eigenvalue weighted by Gasteiger charge is 2.25. The van der Waals surface area contributed by atoms with Crippen molar-refractivity contribution in [1.82, 2.24) is 19.9 Å². The smallest absolute Gasteiger partial charge is 0.255 e. The maximum absolute atomic E-state index is 13.5. The van der Waals surface area contributed by atoms with Crippen LogP contribution in [-0.4, -0.2) is 32.3 Å². The fraction of sp³-hybridized carbons (Fsp3) is 0.188. The fourth-order valence-electron chi connectivity index (χ4n) is 2.96. The molecule has 2 N–H and O–H groups in total. The third-order valence-corrected chi connectivity index (χ3v) is 4.10. The molecule has 0 spiro atoms. The van der Waals surface area contributed by atoms with Gasteiger partial charge >= 0.3 is 0 Å². The number of carbonyl (C=O) groups excluding carboxylic acids is 1. The minimum Gasteiger partial charge on any atom is -0.347 e. The molecule has 3 aromatic rings. The predicted octanol–water partition coefficient (Wildman–Crippen LogP) is 1.59. The van der Waals surface area contributed by atoms with Crippen LogP contribution in [0.15, 0.2) is 35.4 Å². The van der Waals surface area contributed by atoms with E-state index in [2.05, 4.69) is 15.0 Å². The molecule has 0 aliphatic carbocycles. The predicted molar refractivity (Wildman–Crippen MR) is 81.6 cm³/mol. The summed E-state index contributed by atoms with van der Waals surface area (Å²) < 4.78 is 13.5. The summed E-state index contributed by atoms with van der Waals surface area (Å²) in [5, 5.41) is 0.407. The number of rotatable bonds is 1. The van der Waals surface area contributed by atoms with Crippen LogP contribution in [0.2, 0.25) is 0 Å². The van der Waals surface area contributed by atoms with E-state index >= 15 is 0 Å². The minimum atomic E-state index is -0.451. The second-order valence-corrected chi connectivity index (χ2v) is 5.54. The van der Waals surface area contributed by atoms with E-state index in [9.17, 15) is 14.0 Å². The van der Waals surface area contributed by atoms with Gasteiger partial charge in [0.25, 0.3) is 5.91 Å². The number of aromatic nitrogens is 3. The SMILES string of the molecule is O=C(c1cc(=O)[nH]c2ccc(F)cc12)N1CCc2nc[nH]c2C1. The summed E-state index contributed by atoms with van der Waals surface area (Å²) in [5.41, 5.74) is 2.13. The van der Waals surface area contributed by atoms with Crippen molar-refractivity contribution < 1.29 is 9.18 Å². The lowest BCUT2D eigenvalue weighted by Gasteiger charge is -2.26. The number of pyridine rings is 1. The normalized spacial score (nSPS) is 14.0. The number of imidazole rings is 1. The van der Waals surface area contributed by atoms with Gasteiger partial charge in [0.15, 0.2) is 0 Å². The third-order valence-electron chi connectivity index (χ3n) is 4.10. The number of benzene rings is 1. The first-order chi connectivity index (χ1) is 11.1. The summed E-state index contributed by atoms with van der Waals surface area (Å²) in [7, 11) is 0. The van der Waals surface area contributed by atoms with Gasteiger partial charge in [0.05, 0.1) is 29.8 Å². The molecule has 116 valence electrons. The first kappa shape index (κ1) is 13.7. The highest BCUT2D eigenvalue weighted by atomic mass is 19.1. The van der Waals surface area contributed by atoms with Crippen molar-refractivity contribution in [2.75, 3.05) is 6.54 Å². The first-order valence-electron chi connectivity index (χ1n) is 7.25. The van der Waals surface area contributed by atoms with Gasteiger partial charge in [-0.2, -0.15) is 0 Å². The largest absolute Gasteiger partial charge is 0.347 e. The average Bonchev–Trinajstić information content (AvgIpc) is 3.01. The number of amides is 1. The third kappa shape index (κ3) is 2.30. The van der Waals surface area contributed by atoms with Gasteiger partial charge in [-0.25, -0.2) is 9.37 Å². The van der Waals surface area contributed by atoms with Crippen LogP contribution >= 0.6 is 0 Å². The van der Waals surface area contributed by atoms with Gasteiger partial charge < -0.3 is 14.9 Å². The van der Waals surface area contributed by atoms with Crippen molar-refractivity contribution in [3.05, 3.63) is 63.7 Å². The van der Waals surface area contributed by atoms with Gasteiger partial charge in [0, 0.05) is 29.9 Å². The van der Waals surface area contributed by atoms with Crippen molar-refractivity contribution >= 4 is 16.8 Å². The van der Waals surface area contributed by atoms with Crippen LogP contribution in [0.3, 0.4) is 0 Å². The molecule has 0 radical (unpaired) electrons. The van der Waals surface area contributed by atoms with Gasteiger partial charge in [-0.1, -0.05) is 0 Å². The summed E-state index contributed by atoms with van der Waals surface area (Å²) in [4.78, 5) is 36.1. The molecule has 7 heteroatoms. The molecule has 23 heavy (non-hydrogen) atoms. The maximum atomic E-state index is 13.5. The molecule has 0 bridgehead atoms. The number of nitrogens with one attached hydrogen (secondary N) is 2. The van der Waals surface area contributed by atoms with Gasteiger partial charge in [-0.3, -0.25) is 9.59 Å². The molecule has 0 unspecified atom stereocenters. The molecule has 0 fully saturated rings. The van der Waals surface area contributed by atoms with E-state index in [0.29, 0.717) is 30.4 Å². The number of aromatic amines is 2. The van der Waals surface area contributed by atoms with E-state index in [1.807, 2.05) is 0 Å². The number of hydrogen-bond acceptors (Lipinski definition) is 3. The monoisotopic (exact) mass is 312 g/mol. The second kappa shape index (κ2) is 5.05. The van der Waals surface area contributed by atoms with Crippen LogP contribution in [0.25, 0.3) is 10.9 Å². The van der Waals surface area contributed by atoms with E-state index in [4.69, 9.17) is 0 Å². The van der Waals surface area contributed by atoms with Crippen molar-refractivity contribution in [1.29, 1.82) is 0 Å². The Bertz CT molecular complexity index is 976. The van der Waals surface area contributed by atoms with E-state index in [1.165, 1.54) is 24.3 Å². The lowest BCUT2D eigenvalue weighted by molar-refractivity contribution is 0.0733. The summed E-state index contributed by atoms with van der Waals surface area (Å²) >= 11 is 0. The molecule has 0 saturated carbocycles. The lowest BCUT2D eigenvalue weighted by atomic mass is 10.1. The highest BCUT2D eigenvalue weighted by Crippen LogP contribution is 2.21. The molecule has 4 rings (SSSR count). The van der Waals surface area contributed by atoms with Gasteiger partial charge in [-0.05, 0) is 18.2 Å². The standard InChI is InChI=1S/C16H13FN4O2/c17-9-1-2-12-10(5-9)11(6-15(22)20-12)16(23)21-4-3-13-14(7-21)19-8-18-13/h1-2,5-6,8H,3-4,7H2,(H,18,19)(H,20,22). The number of hydrogen-bond donors (Lipinski definition) is 2. The Labute approximate surface area is 130 Å². The molecule has 1 aromatic carbocycles. The zero-order chi connectivity index (χ0) is 16.0. The van der Waals surface area contributed by atoms with E-state index in [0.717, 1.165) is 11.4 Å². The maximum Gasteiger partial charge on any atom is 0.255 e. The van der Waals surface area contributed by atoms with Crippen LogP contribution in [0.1, 0.15) is 21.7 Å². The highest BCUT2D eigenvalue weighted by molar-refractivity contribution is 6.06. The van der Waals surface area contributed by atoms with Crippen molar-refractivity contribution in [2.24, 2.45) is 0 Å². The Kier molecular flexibility index (Phi) is 3.00. The molecule has 1 aliphatic rings. The van der Waals surface area contributed by atoms with Gasteiger partial charge in [0.2, 0.25) is 5.56 Å². The van der Waals surface area contributed by atoms with E-state index < -0.39 is 5.82 Å². The molecule has 1 amide bonds. The molecule has 6 nitrogen and oxygen atoms in total. The van der Waals surface area contributed by atoms with Gasteiger partial charge in [-0.15, -0.1) is 0 Å². The molecular weight excluding hydrogens is 299 g/mol. The molecule has 3 heterocycles. The summed E-state index contributed by atoms with van der Waals surface area (Å²) in [6.45, 7) is 0.915. The number of halogens is 1. The van der Waals surface area contributed by atoms with E-state index in [-0.39, 0.29) is 17.0 Å². The number of H-pyrrole nitrogens is 2. The molecule has 0 atom stereocenters. The number of fused-ring (bicyclic) bond motifs is 2.